The average Bonchev–Trinajstić information content (AvgIpc) is 2.77. The number of benzene rings is 2. The summed E-state index contributed by atoms with van der Waals surface area (Å²) in [7, 11) is -3.93. The molecular weight excluding hydrogens is 438 g/mol. The molecule has 1 saturated heterocycles. The van der Waals surface area contributed by atoms with Gasteiger partial charge in [0.15, 0.2) is 0 Å². The van der Waals surface area contributed by atoms with E-state index < -0.39 is 15.6 Å². The van der Waals surface area contributed by atoms with Crippen LogP contribution < -0.4 is 5.32 Å². The molecule has 3 rings (SSSR count). The first-order chi connectivity index (χ1) is 15.5. The number of amides is 2. The van der Waals surface area contributed by atoms with Gasteiger partial charge in [0.05, 0.1) is 11.4 Å². The van der Waals surface area contributed by atoms with Crippen LogP contribution in [0.15, 0.2) is 59.5 Å². The van der Waals surface area contributed by atoms with Crippen LogP contribution in [-0.2, 0) is 26.2 Å². The second-order valence-corrected chi connectivity index (χ2v) is 11.2. The summed E-state index contributed by atoms with van der Waals surface area (Å²) >= 11 is 0. The molecule has 1 unspecified atom stereocenters. The van der Waals surface area contributed by atoms with E-state index in [0.717, 1.165) is 21.9 Å². The highest BCUT2D eigenvalue weighted by molar-refractivity contribution is 7.89. The maximum Gasteiger partial charge on any atom is 0.247 e. The Morgan fingerprint density at radius 2 is 1.73 bits per heavy atom. The number of carbonyl (C=O) groups is 2. The highest BCUT2D eigenvalue weighted by Crippen LogP contribution is 2.28. The van der Waals surface area contributed by atoms with Crippen molar-refractivity contribution in [2.45, 2.75) is 51.1 Å². The van der Waals surface area contributed by atoms with Crippen molar-refractivity contribution in [1.82, 2.24) is 14.5 Å². The lowest BCUT2D eigenvalue weighted by Crippen LogP contribution is -2.69. The third-order valence-electron chi connectivity index (χ3n) is 6.07. The zero-order chi connectivity index (χ0) is 24.2. The summed E-state index contributed by atoms with van der Waals surface area (Å²) in [5, 5.41) is 2.91. The monoisotopic (exact) mass is 471 g/mol. The van der Waals surface area contributed by atoms with Gasteiger partial charge in [-0.05, 0) is 43.9 Å². The highest BCUT2D eigenvalue weighted by atomic mass is 32.2. The van der Waals surface area contributed by atoms with Gasteiger partial charge in [-0.2, -0.15) is 4.31 Å². The predicted molar refractivity (Wildman–Crippen MR) is 128 cm³/mol. The van der Waals surface area contributed by atoms with E-state index in [0.29, 0.717) is 19.0 Å². The second kappa shape index (κ2) is 10.1. The normalized spacial score (nSPS) is 19.7. The summed E-state index contributed by atoms with van der Waals surface area (Å²) < 4.78 is 27.8. The molecular formula is C25H33N3O4S. The van der Waals surface area contributed by atoms with Crippen LogP contribution in [0.5, 0.6) is 0 Å². The van der Waals surface area contributed by atoms with Crippen molar-refractivity contribution in [1.29, 1.82) is 0 Å². The van der Waals surface area contributed by atoms with Crippen LogP contribution in [0.25, 0.3) is 0 Å². The van der Waals surface area contributed by atoms with Gasteiger partial charge in [0.2, 0.25) is 21.8 Å². The molecule has 1 fully saturated rings. The Kier molecular flexibility index (Phi) is 7.59. The van der Waals surface area contributed by atoms with Gasteiger partial charge >= 0.3 is 0 Å². The van der Waals surface area contributed by atoms with Gasteiger partial charge in [0.25, 0.3) is 0 Å². The van der Waals surface area contributed by atoms with Crippen LogP contribution in [0.1, 0.15) is 38.3 Å². The molecule has 1 aliphatic rings. The van der Waals surface area contributed by atoms with Gasteiger partial charge in [-0.25, -0.2) is 8.42 Å². The minimum absolute atomic E-state index is 0.104. The maximum atomic E-state index is 13.4. The quantitative estimate of drug-likeness (QED) is 0.641. The van der Waals surface area contributed by atoms with Gasteiger partial charge in [-0.15, -0.1) is 0 Å². The van der Waals surface area contributed by atoms with E-state index in [-0.39, 0.29) is 29.8 Å². The fourth-order valence-corrected chi connectivity index (χ4v) is 5.43. The van der Waals surface area contributed by atoms with Crippen LogP contribution >= 0.6 is 0 Å². The van der Waals surface area contributed by atoms with Crippen LogP contribution in [0.2, 0.25) is 0 Å². The van der Waals surface area contributed by atoms with Crippen LogP contribution in [0.3, 0.4) is 0 Å². The molecule has 0 saturated carbocycles. The molecule has 0 spiro atoms. The predicted octanol–water partition coefficient (Wildman–Crippen LogP) is 2.95. The molecule has 2 amide bonds. The summed E-state index contributed by atoms with van der Waals surface area (Å²) in [5.41, 5.74) is 0.541. The lowest BCUT2D eigenvalue weighted by atomic mass is 9.94. The molecule has 1 atom stereocenters. The molecule has 7 nitrogen and oxygen atoms in total. The van der Waals surface area contributed by atoms with Gasteiger partial charge in [0, 0.05) is 19.6 Å². The summed E-state index contributed by atoms with van der Waals surface area (Å²) in [6.07, 6.45) is 0.720. The fraction of sp³-hybridized carbons (Fsp3) is 0.440. The number of hydrogen-bond acceptors (Lipinski definition) is 4. The van der Waals surface area contributed by atoms with E-state index in [1.807, 2.05) is 37.3 Å². The number of nitrogens with one attached hydrogen (secondary N) is 1. The number of hydrogen-bond donors (Lipinski definition) is 1. The molecule has 8 heteroatoms. The molecule has 2 aromatic rings. The summed E-state index contributed by atoms with van der Waals surface area (Å²) in [6.45, 7) is 7.94. The Balaban J connectivity index is 1.89. The lowest BCUT2D eigenvalue weighted by molar-refractivity contribution is -0.153. The van der Waals surface area contributed by atoms with Crippen molar-refractivity contribution in [3.05, 3.63) is 65.7 Å². The first-order valence-electron chi connectivity index (χ1n) is 11.2. The van der Waals surface area contributed by atoms with Gasteiger partial charge in [-0.1, -0.05) is 61.9 Å². The first kappa shape index (κ1) is 24.9. The molecule has 1 aliphatic heterocycles. The topological polar surface area (TPSA) is 86.8 Å². The van der Waals surface area contributed by atoms with Crippen molar-refractivity contribution in [3.8, 4) is 0 Å². The van der Waals surface area contributed by atoms with Crippen molar-refractivity contribution in [3.63, 3.8) is 0 Å². The van der Waals surface area contributed by atoms with E-state index in [2.05, 4.69) is 19.2 Å². The Morgan fingerprint density at radius 3 is 2.33 bits per heavy atom. The number of carbonyl (C=O) groups excluding carboxylic acids is 2. The zero-order valence-electron chi connectivity index (χ0n) is 19.7. The second-order valence-electron chi connectivity index (χ2n) is 9.26. The molecule has 0 bridgehead atoms. The molecule has 0 radical (unpaired) electrons. The maximum absolute atomic E-state index is 13.4. The minimum atomic E-state index is -3.93. The van der Waals surface area contributed by atoms with Crippen molar-refractivity contribution >= 4 is 21.8 Å². The number of nitrogens with zero attached hydrogens (tertiary/aromatic N) is 2. The highest BCUT2D eigenvalue weighted by Gasteiger charge is 2.50. The largest absolute Gasteiger partial charge is 0.350 e. The number of aryl methyl sites for hydroxylation is 1. The number of rotatable bonds is 8. The van der Waals surface area contributed by atoms with E-state index in [1.54, 1.807) is 24.0 Å². The zero-order valence-corrected chi connectivity index (χ0v) is 20.6. The van der Waals surface area contributed by atoms with Gasteiger partial charge in [-0.3, -0.25) is 9.59 Å². The Labute approximate surface area is 196 Å². The smallest absolute Gasteiger partial charge is 0.247 e. The molecule has 2 aromatic carbocycles. The molecule has 1 heterocycles. The van der Waals surface area contributed by atoms with Gasteiger partial charge < -0.3 is 10.2 Å². The molecule has 33 heavy (non-hydrogen) atoms. The van der Waals surface area contributed by atoms with E-state index in [4.69, 9.17) is 0 Å². The minimum Gasteiger partial charge on any atom is -0.350 e. The summed E-state index contributed by atoms with van der Waals surface area (Å²) in [5.74, 6) is -0.397. The SMILES string of the molecule is Cc1ccc(S(=O)(=O)N2CC(=O)N(CCC(C)C)C(C)(C(=O)NCc3ccccc3)C2)cc1. The average molecular weight is 472 g/mol. The van der Waals surface area contributed by atoms with E-state index in [9.17, 15) is 18.0 Å². The molecule has 1 N–H and O–H groups in total. The van der Waals surface area contributed by atoms with Gasteiger partial charge in [0.1, 0.15) is 5.54 Å². The first-order valence-corrected chi connectivity index (χ1v) is 12.7. The third kappa shape index (κ3) is 5.62. The Morgan fingerprint density at radius 1 is 1.09 bits per heavy atom. The van der Waals surface area contributed by atoms with E-state index >= 15 is 0 Å². The Bertz CT molecular complexity index is 1080. The van der Waals surface area contributed by atoms with Crippen LogP contribution in [-0.4, -0.2) is 54.6 Å². The lowest BCUT2D eigenvalue weighted by Gasteiger charge is -2.47. The Hall–Kier alpha value is -2.71. The number of piperazine rings is 1. The van der Waals surface area contributed by atoms with Crippen molar-refractivity contribution in [2.24, 2.45) is 5.92 Å². The van der Waals surface area contributed by atoms with Crippen LogP contribution in [0.4, 0.5) is 0 Å². The van der Waals surface area contributed by atoms with Crippen LogP contribution in [0, 0.1) is 12.8 Å². The van der Waals surface area contributed by atoms with Crippen molar-refractivity contribution < 1.29 is 18.0 Å². The fourth-order valence-electron chi connectivity index (χ4n) is 3.95. The molecule has 178 valence electrons. The standard InChI is InChI=1S/C25H33N3O4S/c1-19(2)14-15-28-23(29)17-27(33(31,32)22-12-10-20(3)11-13-22)18-25(28,4)24(30)26-16-21-8-6-5-7-9-21/h5-13,19H,14-18H2,1-4H3,(H,26,30). The van der Waals surface area contributed by atoms with Crippen molar-refractivity contribution in [2.75, 3.05) is 19.6 Å². The summed E-state index contributed by atoms with van der Waals surface area (Å²) in [4.78, 5) is 28.3. The molecule has 0 aromatic heterocycles. The number of sulfonamides is 1. The van der Waals surface area contributed by atoms with E-state index in [1.165, 1.54) is 12.1 Å². The third-order valence-corrected chi connectivity index (χ3v) is 7.87. The molecule has 0 aliphatic carbocycles. The summed E-state index contributed by atoms with van der Waals surface area (Å²) in [6, 6.07) is 16.0.